The van der Waals surface area contributed by atoms with Gasteiger partial charge in [-0.3, -0.25) is 0 Å². The molecule has 1 saturated heterocycles. The Labute approximate surface area is 349 Å². The maximum Gasteiger partial charge on any atom is 0.261 e. The van der Waals surface area contributed by atoms with Gasteiger partial charge >= 0.3 is 0 Å². The lowest BCUT2D eigenvalue weighted by Crippen LogP contribution is -2.66. The number of hydrogen-bond acceptors (Lipinski definition) is 6. The summed E-state index contributed by atoms with van der Waals surface area (Å²) in [5.41, 5.74) is 2.12. The number of methoxy groups -OCH3 is 2. The van der Waals surface area contributed by atoms with Crippen molar-refractivity contribution in [3.63, 3.8) is 0 Å². The molecule has 0 saturated carbocycles. The molecule has 5 aromatic carbocycles. The molecule has 1 heterocycles. The first-order valence-electron chi connectivity index (χ1n) is 21.1. The average molecular weight is 801 g/mol. The van der Waals surface area contributed by atoms with E-state index in [1.165, 1.54) is 10.4 Å². The standard InChI is InChI=1S/C51H64O6Si/c1-38-39(2)48(37-55-51(41-21-13-9-14-22-41,42-27-31-44(52-7)32-28-42)43-29-33-45(53-8)34-30-43)57-49(40(38)3)54-35-19-12-20-36-56-58(50(4,5)6,46-23-15-10-16-24-46)47-25-17-11-18-26-47/h9-11,13-18,21-34,38-40,48-49H,12,19-20,35-37H2,1-8H3. The van der Waals surface area contributed by atoms with E-state index in [-0.39, 0.29) is 29.3 Å². The van der Waals surface area contributed by atoms with E-state index in [1.54, 1.807) is 14.2 Å². The number of rotatable bonds is 18. The molecule has 0 bridgehead atoms. The van der Waals surface area contributed by atoms with Gasteiger partial charge in [0.1, 0.15) is 17.1 Å². The zero-order chi connectivity index (χ0) is 41.2. The van der Waals surface area contributed by atoms with E-state index >= 15 is 0 Å². The van der Waals surface area contributed by atoms with Gasteiger partial charge in [-0.2, -0.15) is 0 Å². The van der Waals surface area contributed by atoms with Crippen molar-refractivity contribution in [1.29, 1.82) is 0 Å². The Kier molecular flexibility index (Phi) is 14.7. The predicted molar refractivity (Wildman–Crippen MR) is 238 cm³/mol. The van der Waals surface area contributed by atoms with E-state index in [4.69, 9.17) is 28.1 Å². The number of hydrogen-bond donors (Lipinski definition) is 0. The Hall–Kier alpha value is -4.24. The van der Waals surface area contributed by atoms with E-state index in [1.807, 2.05) is 30.3 Å². The van der Waals surface area contributed by atoms with Crippen LogP contribution < -0.4 is 19.8 Å². The zero-order valence-electron chi connectivity index (χ0n) is 35.9. The normalized spacial score (nSPS) is 20.1. The third kappa shape index (κ3) is 9.30. The topological polar surface area (TPSA) is 55.4 Å². The second-order valence-electron chi connectivity index (χ2n) is 16.9. The largest absolute Gasteiger partial charge is 0.497 e. The highest BCUT2D eigenvalue weighted by Gasteiger charge is 2.50. The summed E-state index contributed by atoms with van der Waals surface area (Å²) in [6.07, 6.45) is 2.43. The molecule has 6 nitrogen and oxygen atoms in total. The van der Waals surface area contributed by atoms with Crippen LogP contribution in [0.2, 0.25) is 5.04 Å². The molecule has 0 aliphatic carbocycles. The Bertz CT molecular complexity index is 1860. The first kappa shape index (κ1) is 43.3. The van der Waals surface area contributed by atoms with Gasteiger partial charge in [-0.1, -0.05) is 157 Å². The van der Waals surface area contributed by atoms with Crippen LogP contribution in [0, 0.1) is 17.8 Å². The van der Waals surface area contributed by atoms with E-state index in [9.17, 15) is 0 Å². The highest BCUT2D eigenvalue weighted by Crippen LogP contribution is 2.44. The van der Waals surface area contributed by atoms with Crippen LogP contribution in [0.3, 0.4) is 0 Å². The molecule has 0 amide bonds. The summed E-state index contributed by atoms with van der Waals surface area (Å²) in [5, 5.41) is 2.60. The zero-order valence-corrected chi connectivity index (χ0v) is 36.9. The fourth-order valence-corrected chi connectivity index (χ4v) is 13.3. The van der Waals surface area contributed by atoms with Gasteiger partial charge < -0.3 is 28.1 Å². The van der Waals surface area contributed by atoms with Crippen LogP contribution in [-0.4, -0.2) is 54.8 Å². The smallest absolute Gasteiger partial charge is 0.261 e. The summed E-state index contributed by atoms with van der Waals surface area (Å²) in [6.45, 7) is 15.6. The maximum atomic E-state index is 7.29. The number of unbranched alkanes of at least 4 members (excludes halogenated alkanes) is 2. The van der Waals surface area contributed by atoms with Crippen molar-refractivity contribution in [2.45, 2.75) is 83.8 Å². The summed E-state index contributed by atoms with van der Waals surface area (Å²) in [7, 11) is 0.831. The van der Waals surface area contributed by atoms with Gasteiger partial charge in [-0.15, -0.1) is 0 Å². The molecule has 0 radical (unpaired) electrons. The van der Waals surface area contributed by atoms with Gasteiger partial charge in [0, 0.05) is 19.1 Å². The van der Waals surface area contributed by atoms with E-state index < -0.39 is 13.9 Å². The minimum absolute atomic E-state index is 0.0363. The van der Waals surface area contributed by atoms with Gasteiger partial charge in [0.2, 0.25) is 0 Å². The molecule has 5 aromatic rings. The summed E-state index contributed by atoms with van der Waals surface area (Å²) in [5.74, 6) is 2.46. The molecule has 0 aromatic heterocycles. The molecule has 5 atom stereocenters. The van der Waals surface area contributed by atoms with E-state index in [0.29, 0.717) is 25.7 Å². The summed E-state index contributed by atoms with van der Waals surface area (Å²) in [6, 6.07) is 48.5. The molecule has 5 unspecified atom stereocenters. The highest BCUT2D eigenvalue weighted by atomic mass is 28.4. The van der Waals surface area contributed by atoms with Crippen LogP contribution >= 0.6 is 0 Å². The molecule has 1 aliphatic rings. The fourth-order valence-electron chi connectivity index (χ4n) is 8.72. The quantitative estimate of drug-likeness (QED) is 0.0500. The fraction of sp³-hybridized carbons (Fsp3) is 0.412. The highest BCUT2D eigenvalue weighted by molar-refractivity contribution is 6.99. The van der Waals surface area contributed by atoms with Crippen molar-refractivity contribution in [3.05, 3.63) is 156 Å². The van der Waals surface area contributed by atoms with Gasteiger partial charge in [-0.05, 0) is 87.5 Å². The van der Waals surface area contributed by atoms with E-state index in [2.05, 4.69) is 151 Å². The molecule has 0 spiro atoms. The summed E-state index contributed by atoms with van der Waals surface area (Å²) < 4.78 is 39.0. The average Bonchev–Trinajstić information content (AvgIpc) is 3.26. The predicted octanol–water partition coefficient (Wildman–Crippen LogP) is 10.4. The number of benzene rings is 5. The second-order valence-corrected chi connectivity index (χ2v) is 21.2. The lowest BCUT2D eigenvalue weighted by atomic mass is 9.78. The second kappa shape index (κ2) is 19.7. The summed E-state index contributed by atoms with van der Waals surface area (Å²) in [4.78, 5) is 0. The van der Waals surface area contributed by atoms with Crippen molar-refractivity contribution < 1.29 is 28.1 Å². The SMILES string of the molecule is COc1ccc(C(OCC2OC(OCCCCCO[Si](c3ccccc3)(c3ccccc3)C(C)(C)C)C(C)C(C)C2C)(c2ccccc2)c2ccc(OC)cc2)cc1. The van der Waals surface area contributed by atoms with Crippen LogP contribution in [0.4, 0.5) is 0 Å². The van der Waals surface area contributed by atoms with Crippen molar-refractivity contribution in [2.75, 3.05) is 34.0 Å². The first-order chi connectivity index (χ1) is 28.0. The third-order valence-electron chi connectivity index (χ3n) is 12.4. The van der Waals surface area contributed by atoms with Crippen LogP contribution in [0.1, 0.15) is 77.5 Å². The molecule has 1 aliphatic heterocycles. The number of ether oxygens (including phenoxy) is 5. The van der Waals surface area contributed by atoms with Crippen molar-refractivity contribution in [1.82, 2.24) is 0 Å². The van der Waals surface area contributed by atoms with E-state index in [0.717, 1.165) is 47.5 Å². The van der Waals surface area contributed by atoms with Gasteiger partial charge in [0.05, 0.1) is 26.9 Å². The van der Waals surface area contributed by atoms with Crippen molar-refractivity contribution in [3.8, 4) is 11.5 Å². The molecule has 7 heteroatoms. The molecule has 308 valence electrons. The third-order valence-corrected chi connectivity index (χ3v) is 17.5. The minimum Gasteiger partial charge on any atom is -0.497 e. The molecule has 58 heavy (non-hydrogen) atoms. The van der Waals surface area contributed by atoms with Crippen LogP contribution in [-0.2, 0) is 24.2 Å². The Morgan fingerprint density at radius 3 is 1.48 bits per heavy atom. The minimum atomic E-state index is -2.55. The van der Waals surface area contributed by atoms with Crippen LogP contribution in [0.25, 0.3) is 0 Å². The lowest BCUT2D eigenvalue weighted by Gasteiger charge is -2.45. The van der Waals surface area contributed by atoms with Crippen LogP contribution in [0.5, 0.6) is 11.5 Å². The Balaban J connectivity index is 1.13. The molecule has 1 fully saturated rings. The molecule has 0 N–H and O–H groups in total. The monoisotopic (exact) mass is 800 g/mol. The Morgan fingerprint density at radius 1 is 0.534 bits per heavy atom. The van der Waals surface area contributed by atoms with Crippen LogP contribution in [0.15, 0.2) is 140 Å². The van der Waals surface area contributed by atoms with Gasteiger partial charge in [0.15, 0.2) is 6.29 Å². The van der Waals surface area contributed by atoms with Gasteiger partial charge in [0.25, 0.3) is 8.32 Å². The van der Waals surface area contributed by atoms with Crippen molar-refractivity contribution in [2.24, 2.45) is 17.8 Å². The Morgan fingerprint density at radius 2 is 1.00 bits per heavy atom. The first-order valence-corrected chi connectivity index (χ1v) is 23.0. The van der Waals surface area contributed by atoms with Crippen molar-refractivity contribution >= 4 is 18.7 Å². The summed E-state index contributed by atoms with van der Waals surface area (Å²) >= 11 is 0. The lowest BCUT2D eigenvalue weighted by molar-refractivity contribution is -0.261. The molecule has 6 rings (SSSR count). The maximum absolute atomic E-state index is 7.29. The van der Waals surface area contributed by atoms with Gasteiger partial charge in [-0.25, -0.2) is 0 Å². The molecular formula is C51H64O6Si. The molecular weight excluding hydrogens is 737 g/mol.